The van der Waals surface area contributed by atoms with Crippen molar-refractivity contribution in [3.8, 4) is 35.5 Å². The quantitative estimate of drug-likeness (QED) is 0.469. The Morgan fingerprint density at radius 3 is 2.74 bits per heavy atom. The van der Waals surface area contributed by atoms with E-state index >= 15 is 0 Å². The van der Waals surface area contributed by atoms with Crippen LogP contribution in [0.15, 0.2) is 24.7 Å². The molecule has 3 aromatic rings. The van der Waals surface area contributed by atoms with Gasteiger partial charge >= 0.3 is 0 Å². The van der Waals surface area contributed by atoms with E-state index in [0.29, 0.717) is 58.3 Å². The first-order chi connectivity index (χ1) is 17.2. The summed E-state index contributed by atoms with van der Waals surface area (Å²) in [7, 11) is 1.60. The zero-order valence-corrected chi connectivity index (χ0v) is 20.0. The van der Waals surface area contributed by atoms with Gasteiger partial charge in [0.15, 0.2) is 11.5 Å². The van der Waals surface area contributed by atoms with Crippen LogP contribution in [-0.2, 0) is 0 Å². The van der Waals surface area contributed by atoms with Crippen LogP contribution in [0.25, 0.3) is 10.9 Å². The Labute approximate surface area is 208 Å². The van der Waals surface area contributed by atoms with Crippen LogP contribution in [0.1, 0.15) is 0 Å². The SMILES string of the molecule is C#CCN1CCN(CCOc2cc3ncnc(Nc4c(Cl)cnc5c4OCO5)c3cc2OC)CC1. The zero-order valence-electron chi connectivity index (χ0n) is 19.3. The van der Waals surface area contributed by atoms with Crippen molar-refractivity contribution in [1.82, 2.24) is 24.8 Å². The molecule has 2 aliphatic rings. The number of nitrogens with one attached hydrogen (secondary N) is 1. The summed E-state index contributed by atoms with van der Waals surface area (Å²) < 4.78 is 22.6. The van der Waals surface area contributed by atoms with Crippen LogP contribution in [0.4, 0.5) is 11.5 Å². The summed E-state index contributed by atoms with van der Waals surface area (Å²) in [6.07, 6.45) is 8.39. The predicted molar refractivity (Wildman–Crippen MR) is 132 cm³/mol. The van der Waals surface area contributed by atoms with Crippen molar-refractivity contribution >= 4 is 34.0 Å². The molecule has 0 spiro atoms. The molecule has 35 heavy (non-hydrogen) atoms. The number of ether oxygens (including phenoxy) is 4. The maximum absolute atomic E-state index is 6.37. The van der Waals surface area contributed by atoms with Crippen molar-refractivity contribution in [1.29, 1.82) is 0 Å². The predicted octanol–water partition coefficient (Wildman–Crippen LogP) is 2.79. The second-order valence-electron chi connectivity index (χ2n) is 8.06. The summed E-state index contributed by atoms with van der Waals surface area (Å²) in [6.45, 7) is 6.01. The van der Waals surface area contributed by atoms with Crippen molar-refractivity contribution in [2.45, 2.75) is 0 Å². The summed E-state index contributed by atoms with van der Waals surface area (Å²) in [5.41, 5.74) is 1.22. The van der Waals surface area contributed by atoms with Gasteiger partial charge in [-0.1, -0.05) is 17.5 Å². The third kappa shape index (κ3) is 4.98. The van der Waals surface area contributed by atoms with E-state index in [9.17, 15) is 0 Å². The number of methoxy groups -OCH3 is 1. The number of hydrogen-bond donors (Lipinski definition) is 1. The third-order valence-corrected chi connectivity index (χ3v) is 6.25. The first-order valence-electron chi connectivity index (χ1n) is 11.2. The van der Waals surface area contributed by atoms with Crippen molar-refractivity contribution in [2.24, 2.45) is 0 Å². The van der Waals surface area contributed by atoms with E-state index in [1.54, 1.807) is 7.11 Å². The maximum atomic E-state index is 6.37. The molecule has 0 bridgehead atoms. The summed E-state index contributed by atoms with van der Waals surface area (Å²) >= 11 is 6.37. The van der Waals surface area contributed by atoms with E-state index in [4.69, 9.17) is 37.0 Å². The van der Waals surface area contributed by atoms with E-state index in [1.807, 2.05) is 12.1 Å². The van der Waals surface area contributed by atoms with E-state index in [0.717, 1.165) is 38.1 Å². The number of halogens is 1. The number of anilines is 2. The minimum absolute atomic E-state index is 0.0803. The van der Waals surface area contributed by atoms with Gasteiger partial charge in [-0.2, -0.15) is 0 Å². The Kier molecular flexibility index (Phi) is 6.90. The maximum Gasteiger partial charge on any atom is 0.262 e. The van der Waals surface area contributed by atoms with Crippen LogP contribution >= 0.6 is 11.6 Å². The highest BCUT2D eigenvalue weighted by molar-refractivity contribution is 6.33. The Morgan fingerprint density at radius 2 is 1.94 bits per heavy atom. The number of aromatic nitrogens is 3. The van der Waals surface area contributed by atoms with Gasteiger partial charge < -0.3 is 24.3 Å². The van der Waals surface area contributed by atoms with Crippen LogP contribution in [-0.4, -0.2) is 84.5 Å². The molecule has 1 saturated heterocycles. The lowest BCUT2D eigenvalue weighted by Crippen LogP contribution is -2.47. The van der Waals surface area contributed by atoms with Crippen LogP contribution in [0.3, 0.4) is 0 Å². The molecule has 1 N–H and O–H groups in total. The van der Waals surface area contributed by atoms with E-state index in [1.165, 1.54) is 12.5 Å². The largest absolute Gasteiger partial charge is 0.493 e. The van der Waals surface area contributed by atoms with Crippen molar-refractivity contribution in [2.75, 3.05) is 65.1 Å². The van der Waals surface area contributed by atoms with Gasteiger partial charge in [-0.3, -0.25) is 9.80 Å². The minimum atomic E-state index is 0.0803. The first-order valence-corrected chi connectivity index (χ1v) is 11.6. The number of terminal acetylenes is 1. The summed E-state index contributed by atoms with van der Waals surface area (Å²) in [6, 6.07) is 3.70. The second kappa shape index (κ2) is 10.4. The molecule has 4 heterocycles. The fourth-order valence-electron chi connectivity index (χ4n) is 4.09. The van der Waals surface area contributed by atoms with Gasteiger partial charge in [0.25, 0.3) is 5.88 Å². The molecule has 2 aromatic heterocycles. The molecule has 0 amide bonds. The molecular formula is C24H25ClN6O4. The highest BCUT2D eigenvalue weighted by Gasteiger charge is 2.23. The normalized spacial score (nSPS) is 15.7. The molecule has 0 radical (unpaired) electrons. The van der Waals surface area contributed by atoms with Gasteiger partial charge in [-0.05, 0) is 6.07 Å². The molecule has 0 aliphatic carbocycles. The van der Waals surface area contributed by atoms with Crippen LogP contribution in [0, 0.1) is 12.3 Å². The van der Waals surface area contributed by atoms with Crippen molar-refractivity contribution < 1.29 is 18.9 Å². The molecule has 0 unspecified atom stereocenters. The van der Waals surface area contributed by atoms with Gasteiger partial charge in [0.1, 0.15) is 24.4 Å². The molecule has 0 saturated carbocycles. The molecule has 1 aromatic carbocycles. The number of pyridine rings is 1. The Bertz CT molecular complexity index is 1260. The smallest absolute Gasteiger partial charge is 0.262 e. The lowest BCUT2D eigenvalue weighted by Gasteiger charge is -2.33. The zero-order chi connectivity index (χ0) is 24.2. The van der Waals surface area contributed by atoms with Gasteiger partial charge in [-0.15, -0.1) is 6.42 Å². The van der Waals surface area contributed by atoms with Crippen LogP contribution in [0.5, 0.6) is 23.1 Å². The van der Waals surface area contributed by atoms with Gasteiger partial charge in [0.2, 0.25) is 12.5 Å². The molecule has 10 nitrogen and oxygen atoms in total. The Morgan fingerprint density at radius 1 is 1.11 bits per heavy atom. The third-order valence-electron chi connectivity index (χ3n) is 5.96. The average molecular weight is 497 g/mol. The van der Waals surface area contributed by atoms with Crippen molar-refractivity contribution in [3.05, 3.63) is 29.7 Å². The molecule has 5 rings (SSSR count). The van der Waals surface area contributed by atoms with Gasteiger partial charge in [0.05, 0.1) is 30.4 Å². The molecular weight excluding hydrogens is 472 g/mol. The second-order valence-corrected chi connectivity index (χ2v) is 8.47. The van der Waals surface area contributed by atoms with Crippen LogP contribution < -0.4 is 24.3 Å². The number of piperazine rings is 1. The standard InChI is InChI=1S/C24H25ClN6O4/c1-3-4-30-5-7-31(8-6-30)9-10-33-20-12-18-16(11-19(20)32-2)23(28-14-27-18)29-21-17(25)13-26-24-22(21)34-15-35-24/h1,11-14H,4-10,15H2,2H3,(H,26,27,28,29). The lowest BCUT2D eigenvalue weighted by atomic mass is 10.2. The topological polar surface area (TPSA) is 94.1 Å². The number of rotatable bonds is 8. The monoisotopic (exact) mass is 496 g/mol. The fraction of sp³-hybridized carbons (Fsp3) is 0.375. The fourth-order valence-corrected chi connectivity index (χ4v) is 4.27. The summed E-state index contributed by atoms with van der Waals surface area (Å²) in [5.74, 6) is 5.27. The molecule has 0 atom stereocenters. The first kappa shape index (κ1) is 23.2. The number of benzene rings is 1. The van der Waals surface area contributed by atoms with Gasteiger partial charge in [0, 0.05) is 44.2 Å². The van der Waals surface area contributed by atoms with Crippen LogP contribution in [0.2, 0.25) is 5.02 Å². The molecule has 2 aliphatic heterocycles. The summed E-state index contributed by atoms with van der Waals surface area (Å²) in [5, 5.41) is 4.36. The highest BCUT2D eigenvalue weighted by Crippen LogP contribution is 2.44. The lowest BCUT2D eigenvalue weighted by molar-refractivity contribution is 0.125. The Hall–Kier alpha value is -3.52. The highest BCUT2D eigenvalue weighted by atomic mass is 35.5. The average Bonchev–Trinajstić information content (AvgIpc) is 3.36. The number of nitrogens with zero attached hydrogens (tertiary/aromatic N) is 5. The molecule has 182 valence electrons. The number of fused-ring (bicyclic) bond motifs is 2. The van der Waals surface area contributed by atoms with Gasteiger partial charge in [-0.25, -0.2) is 15.0 Å². The summed E-state index contributed by atoms with van der Waals surface area (Å²) in [4.78, 5) is 17.6. The molecule has 1 fully saturated rings. The minimum Gasteiger partial charge on any atom is -0.493 e. The van der Waals surface area contributed by atoms with Crippen molar-refractivity contribution in [3.63, 3.8) is 0 Å². The van der Waals surface area contributed by atoms with E-state index in [-0.39, 0.29) is 6.79 Å². The van der Waals surface area contributed by atoms with E-state index < -0.39 is 0 Å². The Balaban J connectivity index is 1.31. The number of hydrogen-bond acceptors (Lipinski definition) is 10. The molecule has 11 heteroatoms. The van der Waals surface area contributed by atoms with E-state index in [2.05, 4.69) is 36.0 Å².